The maximum absolute atomic E-state index is 12.2. The Labute approximate surface area is 128 Å². The number of carbonyl (C=O) groups excluding carboxylic acids is 1. The van der Waals surface area contributed by atoms with E-state index >= 15 is 0 Å². The van der Waals surface area contributed by atoms with Crippen LogP contribution in [0.5, 0.6) is 0 Å². The van der Waals surface area contributed by atoms with E-state index in [0.29, 0.717) is 19.6 Å². The molecule has 0 radical (unpaired) electrons. The molecule has 110 valence electrons. The summed E-state index contributed by atoms with van der Waals surface area (Å²) >= 11 is 3.55. The van der Waals surface area contributed by atoms with Crippen molar-refractivity contribution in [2.45, 2.75) is 31.8 Å². The van der Waals surface area contributed by atoms with E-state index in [1.165, 1.54) is 5.56 Å². The molecule has 2 N–H and O–H groups in total. The van der Waals surface area contributed by atoms with Crippen LogP contribution in [0.3, 0.4) is 0 Å². The van der Waals surface area contributed by atoms with Crippen LogP contribution in [0.4, 0.5) is 0 Å². The van der Waals surface area contributed by atoms with Gasteiger partial charge in [0.1, 0.15) is 0 Å². The van der Waals surface area contributed by atoms with E-state index < -0.39 is 0 Å². The molecule has 0 spiro atoms. The van der Waals surface area contributed by atoms with E-state index in [4.69, 9.17) is 10.5 Å². The van der Waals surface area contributed by atoms with Crippen molar-refractivity contribution in [1.82, 2.24) is 4.90 Å². The van der Waals surface area contributed by atoms with Gasteiger partial charge in [-0.2, -0.15) is 0 Å². The molecule has 2 atom stereocenters. The molecule has 1 aliphatic rings. The largest absolute Gasteiger partial charge is 0.383 e. The third-order valence-electron chi connectivity index (χ3n) is 3.83. The Hall–Kier alpha value is -0.910. The molecule has 1 aromatic rings. The monoisotopic (exact) mass is 340 g/mol. The summed E-state index contributed by atoms with van der Waals surface area (Å²) < 4.78 is 6.16. The molecular formula is C15H21BrN2O2. The summed E-state index contributed by atoms with van der Waals surface area (Å²) in [5.74, 6) is 0.158. The fraction of sp³-hybridized carbons (Fsp3) is 0.533. The molecule has 1 fully saturated rings. The highest BCUT2D eigenvalue weighted by Gasteiger charge is 2.34. The van der Waals surface area contributed by atoms with Crippen LogP contribution in [-0.4, -0.2) is 37.1 Å². The maximum Gasteiger partial charge on any atom is 0.223 e. The highest BCUT2D eigenvalue weighted by atomic mass is 79.9. The predicted molar refractivity (Wildman–Crippen MR) is 82.4 cm³/mol. The SMILES string of the molecule is COCCN1C(=O)CCC(N)C1c1ccc(C)c(Br)c1. The predicted octanol–water partition coefficient (Wildman–Crippen LogP) is 2.39. The van der Waals surface area contributed by atoms with Gasteiger partial charge in [-0.25, -0.2) is 0 Å². The summed E-state index contributed by atoms with van der Waals surface area (Å²) in [5.41, 5.74) is 8.53. The Morgan fingerprint density at radius 2 is 2.25 bits per heavy atom. The zero-order valence-electron chi connectivity index (χ0n) is 11.9. The molecule has 0 aromatic heterocycles. The Morgan fingerprint density at radius 1 is 1.50 bits per heavy atom. The quantitative estimate of drug-likeness (QED) is 0.915. The maximum atomic E-state index is 12.2. The first-order chi connectivity index (χ1) is 9.54. The number of piperidine rings is 1. The zero-order chi connectivity index (χ0) is 14.7. The number of hydrogen-bond acceptors (Lipinski definition) is 3. The van der Waals surface area contributed by atoms with Crippen LogP contribution >= 0.6 is 15.9 Å². The number of rotatable bonds is 4. The zero-order valence-corrected chi connectivity index (χ0v) is 13.5. The Morgan fingerprint density at radius 3 is 2.90 bits per heavy atom. The molecule has 1 aliphatic heterocycles. The second-order valence-corrected chi connectivity index (χ2v) is 6.09. The number of halogens is 1. The van der Waals surface area contributed by atoms with Crippen molar-refractivity contribution < 1.29 is 9.53 Å². The van der Waals surface area contributed by atoms with Gasteiger partial charge in [-0.1, -0.05) is 28.1 Å². The lowest BCUT2D eigenvalue weighted by Gasteiger charge is -2.40. The van der Waals surface area contributed by atoms with Gasteiger partial charge in [0.25, 0.3) is 0 Å². The Bertz CT molecular complexity index is 493. The van der Waals surface area contributed by atoms with Crippen molar-refractivity contribution in [3.8, 4) is 0 Å². The van der Waals surface area contributed by atoms with Crippen LogP contribution < -0.4 is 5.73 Å². The fourth-order valence-electron chi connectivity index (χ4n) is 2.65. The summed E-state index contributed by atoms with van der Waals surface area (Å²) in [6.07, 6.45) is 1.26. The number of amides is 1. The van der Waals surface area contributed by atoms with Crippen molar-refractivity contribution >= 4 is 21.8 Å². The van der Waals surface area contributed by atoms with Gasteiger partial charge in [-0.3, -0.25) is 4.79 Å². The molecule has 20 heavy (non-hydrogen) atoms. The number of nitrogens with zero attached hydrogens (tertiary/aromatic N) is 1. The first-order valence-corrected chi connectivity index (χ1v) is 7.64. The summed E-state index contributed by atoms with van der Waals surface area (Å²) in [4.78, 5) is 14.0. The van der Waals surface area contributed by atoms with Crippen molar-refractivity contribution in [3.05, 3.63) is 33.8 Å². The third kappa shape index (κ3) is 3.22. The van der Waals surface area contributed by atoms with Gasteiger partial charge in [-0.05, 0) is 30.5 Å². The first-order valence-electron chi connectivity index (χ1n) is 6.84. The summed E-state index contributed by atoms with van der Waals surface area (Å²) in [5, 5.41) is 0. The van der Waals surface area contributed by atoms with Crippen LogP contribution in [0, 0.1) is 6.92 Å². The molecule has 1 heterocycles. The van der Waals surface area contributed by atoms with Crippen molar-refractivity contribution in [2.24, 2.45) is 5.73 Å². The van der Waals surface area contributed by atoms with Gasteiger partial charge in [0.05, 0.1) is 12.6 Å². The van der Waals surface area contributed by atoms with Gasteiger partial charge >= 0.3 is 0 Å². The molecule has 5 heteroatoms. The molecule has 0 aliphatic carbocycles. The van der Waals surface area contributed by atoms with E-state index in [-0.39, 0.29) is 18.0 Å². The number of carbonyl (C=O) groups is 1. The van der Waals surface area contributed by atoms with Gasteiger partial charge < -0.3 is 15.4 Å². The normalized spacial score (nSPS) is 23.2. The fourth-order valence-corrected chi connectivity index (χ4v) is 3.05. The number of likely N-dealkylation sites (tertiary alicyclic amines) is 1. The molecule has 0 saturated carbocycles. The summed E-state index contributed by atoms with van der Waals surface area (Å²) in [6.45, 7) is 3.16. The molecule has 0 bridgehead atoms. The number of methoxy groups -OCH3 is 1. The number of benzene rings is 1. The van der Waals surface area contributed by atoms with Crippen LogP contribution in [0.15, 0.2) is 22.7 Å². The number of hydrogen-bond donors (Lipinski definition) is 1. The standard InChI is InChI=1S/C15H21BrN2O2/c1-10-3-4-11(9-12(10)16)15-13(17)5-6-14(19)18(15)7-8-20-2/h3-4,9,13,15H,5-8,17H2,1-2H3. The Balaban J connectivity index is 2.31. The minimum absolute atomic E-state index is 0.0286. The molecule has 2 unspecified atom stereocenters. The highest BCUT2D eigenvalue weighted by molar-refractivity contribution is 9.10. The second-order valence-electron chi connectivity index (χ2n) is 5.24. The van der Waals surface area contributed by atoms with Gasteiger partial charge in [0.2, 0.25) is 5.91 Å². The number of ether oxygens (including phenoxy) is 1. The molecular weight excluding hydrogens is 320 g/mol. The van der Waals surface area contributed by atoms with Gasteiger partial charge in [0.15, 0.2) is 0 Å². The van der Waals surface area contributed by atoms with E-state index in [0.717, 1.165) is 16.5 Å². The minimum Gasteiger partial charge on any atom is -0.383 e. The third-order valence-corrected chi connectivity index (χ3v) is 4.68. The van der Waals surface area contributed by atoms with Crippen LogP contribution in [0.25, 0.3) is 0 Å². The average molecular weight is 341 g/mol. The van der Waals surface area contributed by atoms with Crippen LogP contribution in [0.2, 0.25) is 0 Å². The minimum atomic E-state index is -0.0664. The van der Waals surface area contributed by atoms with Crippen LogP contribution in [-0.2, 0) is 9.53 Å². The second kappa shape index (κ2) is 6.70. The summed E-state index contributed by atoms with van der Waals surface area (Å²) in [6, 6.07) is 6.09. The Kier molecular flexibility index (Phi) is 5.18. The van der Waals surface area contributed by atoms with Crippen molar-refractivity contribution in [3.63, 3.8) is 0 Å². The van der Waals surface area contributed by atoms with E-state index in [1.807, 2.05) is 11.8 Å². The lowest BCUT2D eigenvalue weighted by atomic mass is 9.90. The van der Waals surface area contributed by atoms with E-state index in [9.17, 15) is 4.79 Å². The topological polar surface area (TPSA) is 55.6 Å². The smallest absolute Gasteiger partial charge is 0.223 e. The van der Waals surface area contributed by atoms with Crippen molar-refractivity contribution in [2.75, 3.05) is 20.3 Å². The highest BCUT2D eigenvalue weighted by Crippen LogP contribution is 2.32. The van der Waals surface area contributed by atoms with Gasteiger partial charge in [-0.15, -0.1) is 0 Å². The molecule has 1 amide bonds. The van der Waals surface area contributed by atoms with Gasteiger partial charge in [0, 0.05) is 30.6 Å². The lowest BCUT2D eigenvalue weighted by Crippen LogP contribution is -2.49. The summed E-state index contributed by atoms with van der Waals surface area (Å²) in [7, 11) is 1.64. The number of aryl methyl sites for hydroxylation is 1. The number of nitrogens with two attached hydrogens (primary N) is 1. The van der Waals surface area contributed by atoms with E-state index in [1.54, 1.807) is 7.11 Å². The molecule has 1 saturated heterocycles. The van der Waals surface area contributed by atoms with Crippen LogP contribution in [0.1, 0.15) is 30.0 Å². The lowest BCUT2D eigenvalue weighted by molar-refractivity contribution is -0.138. The van der Waals surface area contributed by atoms with Crippen molar-refractivity contribution in [1.29, 1.82) is 0 Å². The average Bonchev–Trinajstić information content (AvgIpc) is 2.43. The first kappa shape index (κ1) is 15.5. The molecule has 2 rings (SSSR count). The van der Waals surface area contributed by atoms with E-state index in [2.05, 4.69) is 34.1 Å². The molecule has 4 nitrogen and oxygen atoms in total. The molecule has 1 aromatic carbocycles.